The van der Waals surface area contributed by atoms with Crippen LogP contribution in [-0.2, 0) is 11.2 Å². The van der Waals surface area contributed by atoms with E-state index in [4.69, 9.17) is 9.15 Å². The summed E-state index contributed by atoms with van der Waals surface area (Å²) in [5, 5.41) is 6.04. The van der Waals surface area contributed by atoms with E-state index in [0.29, 0.717) is 17.8 Å². The molecule has 7 nitrogen and oxygen atoms in total. The monoisotopic (exact) mass is 551 g/mol. The summed E-state index contributed by atoms with van der Waals surface area (Å²) in [5.41, 5.74) is 6.05. The molecule has 2 N–H and O–H groups in total. The Morgan fingerprint density at radius 1 is 1.05 bits per heavy atom. The summed E-state index contributed by atoms with van der Waals surface area (Å²) in [5.74, 6) is 0.726. The molecule has 2 heterocycles. The number of hydrogen-bond donors (Lipinski definition) is 2. The molecule has 0 fully saturated rings. The molecular formula is C34H37N3O4. The first-order chi connectivity index (χ1) is 20.0. The molecular weight excluding hydrogens is 514 g/mol. The Bertz CT molecular complexity index is 1470. The number of anilines is 2. The van der Waals surface area contributed by atoms with Gasteiger partial charge in [0.15, 0.2) is 5.76 Å². The Kier molecular flexibility index (Phi) is 9.04. The second-order valence-corrected chi connectivity index (χ2v) is 10.5. The van der Waals surface area contributed by atoms with E-state index in [1.807, 2.05) is 24.3 Å². The number of carbonyl (C=O) groups excluding carboxylic acids is 2. The second kappa shape index (κ2) is 13.2. The van der Waals surface area contributed by atoms with Crippen molar-refractivity contribution >= 4 is 23.2 Å². The highest BCUT2D eigenvalue weighted by Crippen LogP contribution is 2.31. The summed E-state index contributed by atoms with van der Waals surface area (Å²) >= 11 is 0. The standard InChI is InChI=1S/C34H37N3O4/c1-24-7-3-4-9-27(24)21-25-8-5-18-37(19-17-25)31-16-13-28(22-30(31)36-34(39)32-10-6-20-41-32)33(38)35-23-26-11-14-29(40-2)15-12-26/h3-4,6-11,13-16,20,22,26H,5,12,17-19,21,23H2,1-2H3,(H,35,38)(H,36,39). The van der Waals surface area contributed by atoms with Crippen LogP contribution in [0.15, 0.2) is 101 Å². The third-order valence-corrected chi connectivity index (χ3v) is 7.72. The van der Waals surface area contributed by atoms with Gasteiger partial charge < -0.3 is 24.7 Å². The number of carbonyl (C=O) groups is 2. The number of benzene rings is 2. The van der Waals surface area contributed by atoms with Crippen LogP contribution in [0.4, 0.5) is 11.4 Å². The molecule has 0 bridgehead atoms. The summed E-state index contributed by atoms with van der Waals surface area (Å²) in [7, 11) is 1.65. The molecule has 212 valence electrons. The van der Waals surface area contributed by atoms with Gasteiger partial charge in [-0.15, -0.1) is 0 Å². The fourth-order valence-corrected chi connectivity index (χ4v) is 5.29. The highest BCUT2D eigenvalue weighted by Gasteiger charge is 2.20. The number of methoxy groups -OCH3 is 1. The van der Waals surface area contributed by atoms with Crippen molar-refractivity contribution in [1.82, 2.24) is 5.32 Å². The molecule has 5 rings (SSSR count). The molecule has 0 radical (unpaired) electrons. The van der Waals surface area contributed by atoms with E-state index >= 15 is 0 Å². The maximum absolute atomic E-state index is 13.1. The topological polar surface area (TPSA) is 83.8 Å². The molecule has 1 unspecified atom stereocenters. The summed E-state index contributed by atoms with van der Waals surface area (Å²) in [6.07, 6.45) is 13.4. The number of nitrogens with zero attached hydrogens (tertiary/aromatic N) is 1. The zero-order valence-corrected chi connectivity index (χ0v) is 23.7. The number of amides is 2. The average Bonchev–Trinajstić information content (AvgIpc) is 3.45. The molecule has 7 heteroatoms. The van der Waals surface area contributed by atoms with Crippen molar-refractivity contribution in [3.63, 3.8) is 0 Å². The molecule has 2 aliphatic rings. The lowest BCUT2D eigenvalue weighted by Gasteiger charge is -2.26. The lowest BCUT2D eigenvalue weighted by atomic mass is 9.98. The Hall–Kier alpha value is -4.52. The number of hydrogen-bond acceptors (Lipinski definition) is 5. The fourth-order valence-electron chi connectivity index (χ4n) is 5.29. The molecule has 1 aliphatic heterocycles. The Labute approximate surface area is 241 Å². The Morgan fingerprint density at radius 3 is 2.68 bits per heavy atom. The minimum absolute atomic E-state index is 0.182. The van der Waals surface area contributed by atoms with Gasteiger partial charge >= 0.3 is 0 Å². The number of allylic oxidation sites excluding steroid dienone is 2. The first-order valence-electron chi connectivity index (χ1n) is 14.2. The average molecular weight is 552 g/mol. The third kappa shape index (κ3) is 7.17. The number of furan rings is 1. The minimum Gasteiger partial charge on any atom is -0.497 e. The van der Waals surface area contributed by atoms with E-state index in [9.17, 15) is 9.59 Å². The van der Waals surface area contributed by atoms with Crippen molar-refractivity contribution in [3.05, 3.63) is 119 Å². The van der Waals surface area contributed by atoms with E-state index in [-0.39, 0.29) is 23.5 Å². The van der Waals surface area contributed by atoms with Crippen LogP contribution in [-0.4, -0.2) is 38.6 Å². The Balaban J connectivity index is 1.30. The highest BCUT2D eigenvalue weighted by atomic mass is 16.5. The van der Waals surface area contributed by atoms with Crippen molar-refractivity contribution in [3.8, 4) is 0 Å². The molecule has 1 aromatic heterocycles. The van der Waals surface area contributed by atoms with Gasteiger partial charge in [-0.3, -0.25) is 9.59 Å². The molecule has 2 amide bonds. The van der Waals surface area contributed by atoms with Crippen molar-refractivity contribution in [2.24, 2.45) is 5.92 Å². The number of aryl methyl sites for hydroxylation is 1. The van der Waals surface area contributed by atoms with Crippen molar-refractivity contribution in [2.75, 3.05) is 37.0 Å². The van der Waals surface area contributed by atoms with Gasteiger partial charge in [-0.25, -0.2) is 0 Å². The molecule has 0 saturated heterocycles. The molecule has 3 aromatic rings. The normalized spacial score (nSPS) is 16.8. The summed E-state index contributed by atoms with van der Waals surface area (Å²) in [6, 6.07) is 17.4. The second-order valence-electron chi connectivity index (χ2n) is 10.5. The largest absolute Gasteiger partial charge is 0.497 e. The fraction of sp³-hybridized carbons (Fsp3) is 0.294. The smallest absolute Gasteiger partial charge is 0.291 e. The van der Waals surface area contributed by atoms with Gasteiger partial charge in [-0.1, -0.05) is 42.0 Å². The van der Waals surface area contributed by atoms with Crippen LogP contribution < -0.4 is 15.5 Å². The SMILES string of the molecule is COC1=CCC(CNC(=O)c2ccc(N3CCC=C(Cc4ccccc4C)CC3)c(NC(=O)c3ccco3)c2)C=C1. The molecule has 41 heavy (non-hydrogen) atoms. The first-order valence-corrected chi connectivity index (χ1v) is 14.2. The molecule has 1 atom stereocenters. The van der Waals surface area contributed by atoms with E-state index in [2.05, 4.69) is 58.9 Å². The lowest BCUT2D eigenvalue weighted by Crippen LogP contribution is -2.30. The van der Waals surface area contributed by atoms with Crippen molar-refractivity contribution in [1.29, 1.82) is 0 Å². The van der Waals surface area contributed by atoms with Gasteiger partial charge in [0.1, 0.15) is 5.76 Å². The van der Waals surface area contributed by atoms with Crippen LogP contribution in [0.25, 0.3) is 0 Å². The lowest BCUT2D eigenvalue weighted by molar-refractivity contribution is 0.0947. The zero-order valence-electron chi connectivity index (χ0n) is 23.7. The van der Waals surface area contributed by atoms with E-state index in [0.717, 1.165) is 50.2 Å². The molecule has 0 spiro atoms. The van der Waals surface area contributed by atoms with Gasteiger partial charge in [0.05, 0.1) is 24.7 Å². The maximum Gasteiger partial charge on any atom is 0.291 e. The number of rotatable bonds is 9. The number of ether oxygens (including phenoxy) is 1. The van der Waals surface area contributed by atoms with Gasteiger partial charge in [0.2, 0.25) is 0 Å². The van der Waals surface area contributed by atoms with Crippen LogP contribution in [0.5, 0.6) is 0 Å². The summed E-state index contributed by atoms with van der Waals surface area (Å²) in [6.45, 7) is 4.31. The predicted octanol–water partition coefficient (Wildman–Crippen LogP) is 6.45. The van der Waals surface area contributed by atoms with Gasteiger partial charge in [-0.2, -0.15) is 0 Å². The summed E-state index contributed by atoms with van der Waals surface area (Å²) < 4.78 is 10.6. The number of nitrogens with one attached hydrogen (secondary N) is 2. The van der Waals surface area contributed by atoms with Gasteiger partial charge in [-0.05, 0) is 92.1 Å². The molecule has 2 aromatic carbocycles. The maximum atomic E-state index is 13.1. The van der Waals surface area contributed by atoms with Crippen LogP contribution >= 0.6 is 0 Å². The molecule has 1 aliphatic carbocycles. The van der Waals surface area contributed by atoms with Crippen LogP contribution in [0.1, 0.15) is 51.3 Å². The Morgan fingerprint density at radius 2 is 1.93 bits per heavy atom. The van der Waals surface area contributed by atoms with E-state index in [1.165, 1.54) is 23.0 Å². The van der Waals surface area contributed by atoms with Gasteiger partial charge in [0, 0.05) is 25.2 Å². The zero-order chi connectivity index (χ0) is 28.6. The van der Waals surface area contributed by atoms with E-state index in [1.54, 1.807) is 25.3 Å². The van der Waals surface area contributed by atoms with E-state index < -0.39 is 0 Å². The quantitative estimate of drug-likeness (QED) is 0.299. The predicted molar refractivity (Wildman–Crippen MR) is 162 cm³/mol. The van der Waals surface area contributed by atoms with Gasteiger partial charge in [0.25, 0.3) is 11.8 Å². The molecule has 0 saturated carbocycles. The minimum atomic E-state index is -0.352. The van der Waals surface area contributed by atoms with Crippen molar-refractivity contribution < 1.29 is 18.7 Å². The summed E-state index contributed by atoms with van der Waals surface area (Å²) in [4.78, 5) is 28.4. The van der Waals surface area contributed by atoms with Crippen LogP contribution in [0.3, 0.4) is 0 Å². The van der Waals surface area contributed by atoms with Crippen LogP contribution in [0, 0.1) is 12.8 Å². The third-order valence-electron chi connectivity index (χ3n) is 7.72. The van der Waals surface area contributed by atoms with Crippen molar-refractivity contribution in [2.45, 2.75) is 32.6 Å². The first kappa shape index (κ1) is 28.0. The van der Waals surface area contributed by atoms with Crippen LogP contribution in [0.2, 0.25) is 0 Å². The highest BCUT2D eigenvalue weighted by molar-refractivity contribution is 6.05.